The first-order valence-electron chi connectivity index (χ1n) is 12.5. The van der Waals surface area contributed by atoms with Gasteiger partial charge in [-0.25, -0.2) is 0 Å². The predicted molar refractivity (Wildman–Crippen MR) is 154 cm³/mol. The Kier molecular flexibility index (Phi) is 11.6. The van der Waals surface area contributed by atoms with Crippen molar-refractivity contribution in [1.82, 2.24) is 5.32 Å². The Morgan fingerprint density at radius 2 is 1.50 bits per heavy atom. The van der Waals surface area contributed by atoms with E-state index in [1.54, 1.807) is 24.3 Å². The Balaban J connectivity index is 1.57. The number of hydrogen-bond acceptors (Lipinski definition) is 5. The van der Waals surface area contributed by atoms with Crippen LogP contribution in [0.4, 0.5) is 11.4 Å². The lowest BCUT2D eigenvalue weighted by molar-refractivity contribution is -0.126. The molecule has 0 radical (unpaired) electrons. The average molecular weight is 559 g/mol. The maximum Gasteiger partial charge on any atom is 0.247 e. The summed E-state index contributed by atoms with van der Waals surface area (Å²) >= 11 is 11.8. The summed E-state index contributed by atoms with van der Waals surface area (Å²) in [6.45, 7) is 1.44. The van der Waals surface area contributed by atoms with Crippen molar-refractivity contribution in [2.45, 2.75) is 31.7 Å². The average Bonchev–Trinajstić information content (AvgIpc) is 2.90. The van der Waals surface area contributed by atoms with Crippen molar-refractivity contribution in [2.24, 2.45) is 0 Å². The van der Waals surface area contributed by atoms with Crippen LogP contribution in [0.15, 0.2) is 72.8 Å². The number of halogens is 2. The van der Waals surface area contributed by atoms with E-state index in [2.05, 4.69) is 15.5 Å². The van der Waals surface area contributed by atoms with Gasteiger partial charge in [-0.15, -0.1) is 23.2 Å². The Bertz CT molecular complexity index is 1170. The third kappa shape index (κ3) is 9.47. The van der Waals surface area contributed by atoms with Gasteiger partial charge >= 0.3 is 0 Å². The van der Waals surface area contributed by atoms with Gasteiger partial charge in [-0.05, 0) is 60.4 Å². The lowest BCUT2D eigenvalue weighted by Crippen LogP contribution is -2.45. The first kappa shape index (κ1) is 29.1. The molecule has 0 unspecified atom stereocenters. The summed E-state index contributed by atoms with van der Waals surface area (Å²) in [5.41, 5.74) is 3.39. The number of amides is 2. The molecule has 9 heteroatoms. The number of carbonyl (C=O) groups is 2. The summed E-state index contributed by atoms with van der Waals surface area (Å²) in [7, 11) is 0. The SMILES string of the molecule is O=C(CCCc1ccc(N(CCCl)CCCl)cc1)N[C@@H](Cc1ccc(O)cc1)C(=O)Nc1cccc(O)c1. The van der Waals surface area contributed by atoms with Gasteiger partial charge in [0.15, 0.2) is 0 Å². The zero-order valence-corrected chi connectivity index (χ0v) is 22.6. The number of aromatic hydroxyl groups is 2. The van der Waals surface area contributed by atoms with Crippen LogP contribution in [-0.2, 0) is 22.4 Å². The van der Waals surface area contributed by atoms with Crippen LogP contribution in [0.5, 0.6) is 11.5 Å². The largest absolute Gasteiger partial charge is 0.508 e. The van der Waals surface area contributed by atoms with Crippen LogP contribution in [0.3, 0.4) is 0 Å². The van der Waals surface area contributed by atoms with Crippen LogP contribution >= 0.6 is 23.2 Å². The fourth-order valence-corrected chi connectivity index (χ4v) is 4.47. The number of phenolic OH excluding ortho intramolecular Hbond substituents is 2. The maximum atomic E-state index is 13.0. The first-order valence-corrected chi connectivity index (χ1v) is 13.6. The lowest BCUT2D eigenvalue weighted by atomic mass is 10.0. The van der Waals surface area contributed by atoms with E-state index in [1.165, 1.54) is 24.3 Å². The quantitative estimate of drug-likeness (QED) is 0.207. The summed E-state index contributed by atoms with van der Waals surface area (Å²) in [6, 6.07) is 20.0. The second-order valence-electron chi connectivity index (χ2n) is 8.92. The van der Waals surface area contributed by atoms with Gasteiger partial charge in [0.1, 0.15) is 17.5 Å². The second-order valence-corrected chi connectivity index (χ2v) is 9.67. The van der Waals surface area contributed by atoms with E-state index >= 15 is 0 Å². The molecule has 38 heavy (non-hydrogen) atoms. The van der Waals surface area contributed by atoms with E-state index in [-0.39, 0.29) is 30.2 Å². The summed E-state index contributed by atoms with van der Waals surface area (Å²) in [5.74, 6) is 0.566. The highest BCUT2D eigenvalue weighted by atomic mass is 35.5. The Hall–Kier alpha value is -3.42. The number of anilines is 2. The van der Waals surface area contributed by atoms with E-state index in [9.17, 15) is 19.8 Å². The van der Waals surface area contributed by atoms with Crippen LogP contribution in [0, 0.1) is 0 Å². The molecule has 1 atom stereocenters. The summed E-state index contributed by atoms with van der Waals surface area (Å²) < 4.78 is 0. The molecular weight excluding hydrogens is 525 g/mol. The molecule has 0 aromatic heterocycles. The highest BCUT2D eigenvalue weighted by molar-refractivity contribution is 6.18. The molecule has 0 saturated heterocycles. The zero-order chi connectivity index (χ0) is 27.3. The Labute approximate surface area is 233 Å². The van der Waals surface area contributed by atoms with Crippen LogP contribution < -0.4 is 15.5 Å². The van der Waals surface area contributed by atoms with Crippen molar-refractivity contribution in [3.63, 3.8) is 0 Å². The molecule has 0 aliphatic heterocycles. The molecule has 0 aliphatic rings. The van der Waals surface area contributed by atoms with Crippen LogP contribution in [0.2, 0.25) is 0 Å². The van der Waals surface area contributed by atoms with Crippen LogP contribution in [0.25, 0.3) is 0 Å². The van der Waals surface area contributed by atoms with E-state index in [0.29, 0.717) is 23.9 Å². The monoisotopic (exact) mass is 557 g/mol. The molecule has 202 valence electrons. The molecule has 0 aliphatic carbocycles. The van der Waals surface area contributed by atoms with Crippen molar-refractivity contribution in [3.8, 4) is 11.5 Å². The van der Waals surface area contributed by atoms with Gasteiger partial charge in [-0.2, -0.15) is 0 Å². The van der Waals surface area contributed by atoms with Gasteiger partial charge < -0.3 is 25.7 Å². The summed E-state index contributed by atoms with van der Waals surface area (Å²) in [6.07, 6.45) is 1.85. The van der Waals surface area contributed by atoms with Crippen LogP contribution in [-0.4, -0.2) is 52.9 Å². The highest BCUT2D eigenvalue weighted by Crippen LogP contribution is 2.18. The van der Waals surface area contributed by atoms with Gasteiger partial charge in [0, 0.05) is 55.1 Å². The van der Waals surface area contributed by atoms with E-state index in [0.717, 1.165) is 36.3 Å². The number of nitrogens with zero attached hydrogens (tertiary/aromatic N) is 1. The van der Waals surface area contributed by atoms with E-state index in [4.69, 9.17) is 23.2 Å². The van der Waals surface area contributed by atoms with Crippen molar-refractivity contribution >= 4 is 46.4 Å². The normalized spacial score (nSPS) is 11.5. The third-order valence-electron chi connectivity index (χ3n) is 6.02. The lowest BCUT2D eigenvalue weighted by Gasteiger charge is -2.23. The van der Waals surface area contributed by atoms with Gasteiger partial charge in [-0.1, -0.05) is 30.3 Å². The number of rotatable bonds is 14. The van der Waals surface area contributed by atoms with Crippen molar-refractivity contribution in [3.05, 3.63) is 83.9 Å². The summed E-state index contributed by atoms with van der Waals surface area (Å²) in [5, 5.41) is 24.9. The van der Waals surface area contributed by atoms with Crippen LogP contribution in [0.1, 0.15) is 24.0 Å². The van der Waals surface area contributed by atoms with Gasteiger partial charge in [0.2, 0.25) is 11.8 Å². The predicted octanol–water partition coefficient (Wildman–Crippen LogP) is 5.07. The number of carbonyl (C=O) groups excluding carboxylic acids is 2. The minimum atomic E-state index is -0.830. The number of phenols is 2. The molecule has 0 fully saturated rings. The molecule has 0 saturated carbocycles. The van der Waals surface area contributed by atoms with Gasteiger partial charge in [0.25, 0.3) is 0 Å². The second kappa shape index (κ2) is 15.1. The fourth-order valence-electron chi connectivity index (χ4n) is 4.06. The van der Waals surface area contributed by atoms with E-state index in [1.807, 2.05) is 24.3 Å². The molecule has 3 aromatic rings. The number of hydrogen-bond donors (Lipinski definition) is 4. The topological polar surface area (TPSA) is 102 Å². The molecule has 0 heterocycles. The number of alkyl halides is 2. The maximum absolute atomic E-state index is 13.0. The molecule has 4 N–H and O–H groups in total. The molecule has 0 spiro atoms. The number of aryl methyl sites for hydroxylation is 1. The van der Waals surface area contributed by atoms with Crippen molar-refractivity contribution in [2.75, 3.05) is 35.1 Å². The Morgan fingerprint density at radius 3 is 2.13 bits per heavy atom. The minimum absolute atomic E-state index is 0.0285. The van der Waals surface area contributed by atoms with Gasteiger partial charge in [0.05, 0.1) is 0 Å². The molecule has 7 nitrogen and oxygen atoms in total. The fraction of sp³-hybridized carbons (Fsp3) is 0.310. The van der Waals surface area contributed by atoms with E-state index < -0.39 is 11.9 Å². The number of benzene rings is 3. The Morgan fingerprint density at radius 1 is 0.842 bits per heavy atom. The molecule has 3 aromatic carbocycles. The molecule has 3 rings (SSSR count). The highest BCUT2D eigenvalue weighted by Gasteiger charge is 2.21. The van der Waals surface area contributed by atoms with Gasteiger partial charge in [-0.3, -0.25) is 9.59 Å². The smallest absolute Gasteiger partial charge is 0.247 e. The molecule has 0 bridgehead atoms. The zero-order valence-electron chi connectivity index (χ0n) is 21.1. The molecular formula is C29H33Cl2N3O4. The van der Waals surface area contributed by atoms with Crippen molar-refractivity contribution < 1.29 is 19.8 Å². The first-order chi connectivity index (χ1) is 18.4. The minimum Gasteiger partial charge on any atom is -0.508 e. The molecule has 2 amide bonds. The summed E-state index contributed by atoms with van der Waals surface area (Å²) in [4.78, 5) is 27.9. The number of nitrogens with one attached hydrogen (secondary N) is 2. The standard InChI is InChI=1S/C29H33Cl2N3O4/c30-15-17-34(18-16-31)24-11-7-21(8-12-24)3-1-6-28(37)33-27(19-22-9-13-25(35)14-10-22)29(38)32-23-4-2-5-26(36)20-23/h2,4-5,7-14,20,27,35-36H,1,3,6,15-19H2,(H,32,38)(H,33,37)/t27-/m0/s1. The van der Waals surface area contributed by atoms with Crippen molar-refractivity contribution in [1.29, 1.82) is 0 Å². The third-order valence-corrected chi connectivity index (χ3v) is 6.36.